The van der Waals surface area contributed by atoms with Crippen molar-refractivity contribution in [3.63, 3.8) is 0 Å². The minimum absolute atomic E-state index is 0.0813. The van der Waals surface area contributed by atoms with Crippen LogP contribution in [0.3, 0.4) is 0 Å². The predicted octanol–water partition coefficient (Wildman–Crippen LogP) is 3.53. The van der Waals surface area contributed by atoms with Crippen LogP contribution in [0.2, 0.25) is 5.02 Å². The molecule has 0 saturated heterocycles. The van der Waals surface area contributed by atoms with Crippen molar-refractivity contribution in [2.45, 2.75) is 33.4 Å². The van der Waals surface area contributed by atoms with Gasteiger partial charge in [-0.2, -0.15) is 4.98 Å². The Balaban J connectivity index is 1.77. The van der Waals surface area contributed by atoms with Crippen molar-refractivity contribution < 1.29 is 9.90 Å². The first-order chi connectivity index (χ1) is 15.7. The minimum atomic E-state index is -1.10. The standard InChI is InChI=1S/C24H23ClN4O4/c1-14-9-17-5-8-20(11-18(17)10-14)26-22-27-23(32)29(12-15(2)21(30)31)24(33)28(22)13-16-3-6-19(25)7-4-16/h3-8,10-11,15H,9,12-13H2,1-2H3,(H,30,31)(H,26,27,32)/t15-/m0/s1. The van der Waals surface area contributed by atoms with Crippen LogP contribution in [0, 0.1) is 5.92 Å². The van der Waals surface area contributed by atoms with Gasteiger partial charge in [-0.3, -0.25) is 9.36 Å². The topological polar surface area (TPSA) is 106 Å². The van der Waals surface area contributed by atoms with Gasteiger partial charge in [0, 0.05) is 17.3 Å². The summed E-state index contributed by atoms with van der Waals surface area (Å²) in [4.78, 5) is 41.3. The number of anilines is 2. The SMILES string of the molecule is CC1=Cc2cc(Nc3nc(=O)n(C[C@H](C)C(=O)O)c(=O)n3Cc3ccc(Cl)cc3)ccc2C1. The molecule has 0 amide bonds. The average Bonchev–Trinajstić information content (AvgIpc) is 3.14. The van der Waals surface area contributed by atoms with E-state index >= 15 is 0 Å². The Kier molecular flexibility index (Phi) is 6.20. The number of halogens is 1. The van der Waals surface area contributed by atoms with E-state index in [4.69, 9.17) is 11.6 Å². The number of hydrogen-bond acceptors (Lipinski definition) is 5. The fraction of sp³-hybridized carbons (Fsp3) is 0.250. The maximum atomic E-state index is 13.3. The molecule has 1 atom stereocenters. The summed E-state index contributed by atoms with van der Waals surface area (Å²) in [7, 11) is 0. The van der Waals surface area contributed by atoms with E-state index < -0.39 is 23.3 Å². The van der Waals surface area contributed by atoms with E-state index in [1.807, 2.05) is 18.2 Å². The van der Waals surface area contributed by atoms with E-state index in [1.165, 1.54) is 22.6 Å². The Morgan fingerprint density at radius 2 is 1.91 bits per heavy atom. The summed E-state index contributed by atoms with van der Waals surface area (Å²) in [5.41, 5.74) is 3.56. The average molecular weight is 467 g/mol. The number of nitrogens with zero attached hydrogens (tertiary/aromatic N) is 3. The second-order valence-electron chi connectivity index (χ2n) is 8.27. The van der Waals surface area contributed by atoms with Crippen LogP contribution in [0.1, 0.15) is 30.5 Å². The Hall–Kier alpha value is -3.65. The molecule has 0 fully saturated rings. The summed E-state index contributed by atoms with van der Waals surface area (Å²) in [5.74, 6) is -1.95. The molecule has 1 aliphatic carbocycles. The fourth-order valence-electron chi connectivity index (χ4n) is 3.76. The Morgan fingerprint density at radius 3 is 2.61 bits per heavy atom. The van der Waals surface area contributed by atoms with Gasteiger partial charge < -0.3 is 10.4 Å². The van der Waals surface area contributed by atoms with Gasteiger partial charge in [-0.05, 0) is 54.3 Å². The lowest BCUT2D eigenvalue weighted by Crippen LogP contribution is -2.44. The molecule has 0 unspecified atom stereocenters. The zero-order valence-electron chi connectivity index (χ0n) is 18.2. The normalized spacial score (nSPS) is 13.4. The van der Waals surface area contributed by atoms with Gasteiger partial charge in [0.15, 0.2) is 0 Å². The van der Waals surface area contributed by atoms with Crippen LogP contribution >= 0.6 is 11.6 Å². The van der Waals surface area contributed by atoms with Crippen molar-refractivity contribution in [3.05, 3.63) is 90.7 Å². The Morgan fingerprint density at radius 1 is 1.18 bits per heavy atom. The lowest BCUT2D eigenvalue weighted by atomic mass is 10.1. The van der Waals surface area contributed by atoms with Crippen LogP contribution in [0.25, 0.3) is 6.08 Å². The number of benzene rings is 2. The van der Waals surface area contributed by atoms with Crippen LogP contribution in [0.5, 0.6) is 0 Å². The number of allylic oxidation sites excluding steroid dienone is 1. The van der Waals surface area contributed by atoms with Gasteiger partial charge in [0.25, 0.3) is 0 Å². The molecule has 0 radical (unpaired) electrons. The fourth-order valence-corrected chi connectivity index (χ4v) is 3.89. The van der Waals surface area contributed by atoms with Crippen LogP contribution in [-0.2, 0) is 24.3 Å². The maximum Gasteiger partial charge on any atom is 0.354 e. The number of aromatic nitrogens is 3. The van der Waals surface area contributed by atoms with Crippen LogP contribution in [-0.4, -0.2) is 25.2 Å². The molecule has 0 bridgehead atoms. The number of carboxylic acids is 1. The van der Waals surface area contributed by atoms with E-state index in [2.05, 4.69) is 23.3 Å². The lowest BCUT2D eigenvalue weighted by Gasteiger charge is -2.17. The highest BCUT2D eigenvalue weighted by atomic mass is 35.5. The van der Waals surface area contributed by atoms with Crippen molar-refractivity contribution in [2.75, 3.05) is 5.32 Å². The number of fused-ring (bicyclic) bond motifs is 1. The molecule has 170 valence electrons. The Bertz CT molecular complexity index is 1370. The summed E-state index contributed by atoms with van der Waals surface area (Å²) in [6.07, 6.45) is 2.99. The van der Waals surface area contributed by atoms with Crippen LogP contribution in [0.4, 0.5) is 11.6 Å². The molecule has 1 heterocycles. The number of carboxylic acid groups (broad SMARTS) is 1. The van der Waals surface area contributed by atoms with Crippen LogP contribution in [0.15, 0.2) is 57.6 Å². The zero-order chi connectivity index (χ0) is 23.7. The highest BCUT2D eigenvalue weighted by molar-refractivity contribution is 6.30. The molecule has 2 aromatic carbocycles. The second kappa shape index (κ2) is 9.07. The second-order valence-corrected chi connectivity index (χ2v) is 8.71. The zero-order valence-corrected chi connectivity index (χ0v) is 19.0. The number of rotatable bonds is 7. The predicted molar refractivity (Wildman–Crippen MR) is 127 cm³/mol. The molecule has 0 spiro atoms. The molecule has 3 aromatic rings. The molecule has 0 saturated carbocycles. The highest BCUT2D eigenvalue weighted by Crippen LogP contribution is 2.28. The largest absolute Gasteiger partial charge is 0.481 e. The lowest BCUT2D eigenvalue weighted by molar-refractivity contribution is -0.141. The molecular weight excluding hydrogens is 444 g/mol. The third kappa shape index (κ3) is 4.90. The smallest absolute Gasteiger partial charge is 0.354 e. The van der Waals surface area contributed by atoms with Crippen molar-refractivity contribution in [1.82, 2.24) is 14.1 Å². The van der Waals surface area contributed by atoms with E-state index in [0.717, 1.165) is 22.1 Å². The monoisotopic (exact) mass is 466 g/mol. The first-order valence-electron chi connectivity index (χ1n) is 10.5. The van der Waals surface area contributed by atoms with Gasteiger partial charge >= 0.3 is 17.3 Å². The van der Waals surface area contributed by atoms with E-state index in [0.29, 0.717) is 10.7 Å². The molecular formula is C24H23ClN4O4. The molecule has 9 heteroatoms. The van der Waals surface area contributed by atoms with Gasteiger partial charge in [0.2, 0.25) is 5.95 Å². The first-order valence-corrected chi connectivity index (χ1v) is 10.8. The van der Waals surface area contributed by atoms with Crippen molar-refractivity contribution >= 4 is 35.3 Å². The molecule has 1 aromatic heterocycles. The summed E-state index contributed by atoms with van der Waals surface area (Å²) >= 11 is 5.98. The van der Waals surface area contributed by atoms with E-state index in [9.17, 15) is 19.5 Å². The molecule has 1 aliphatic rings. The molecule has 4 rings (SSSR count). The highest BCUT2D eigenvalue weighted by Gasteiger charge is 2.19. The molecule has 33 heavy (non-hydrogen) atoms. The third-order valence-electron chi connectivity index (χ3n) is 5.56. The number of nitrogens with one attached hydrogen (secondary N) is 1. The summed E-state index contributed by atoms with van der Waals surface area (Å²) in [6.45, 7) is 3.35. The molecule has 0 aliphatic heterocycles. The van der Waals surface area contributed by atoms with Crippen LogP contribution < -0.4 is 16.7 Å². The maximum absolute atomic E-state index is 13.3. The summed E-state index contributed by atoms with van der Waals surface area (Å²) in [5, 5.41) is 12.9. The van der Waals surface area contributed by atoms with Crippen molar-refractivity contribution in [3.8, 4) is 0 Å². The number of hydrogen-bond donors (Lipinski definition) is 2. The van der Waals surface area contributed by atoms with Crippen molar-refractivity contribution in [1.29, 1.82) is 0 Å². The summed E-state index contributed by atoms with van der Waals surface area (Å²) in [6, 6.07) is 12.8. The van der Waals surface area contributed by atoms with Gasteiger partial charge in [-0.15, -0.1) is 0 Å². The van der Waals surface area contributed by atoms with Crippen molar-refractivity contribution in [2.24, 2.45) is 5.92 Å². The van der Waals surface area contributed by atoms with E-state index in [1.54, 1.807) is 24.3 Å². The Labute approximate surface area is 194 Å². The summed E-state index contributed by atoms with van der Waals surface area (Å²) < 4.78 is 2.18. The van der Waals surface area contributed by atoms with E-state index in [-0.39, 0.29) is 19.0 Å². The minimum Gasteiger partial charge on any atom is -0.481 e. The third-order valence-corrected chi connectivity index (χ3v) is 5.81. The molecule has 2 N–H and O–H groups in total. The van der Waals surface area contributed by atoms with Gasteiger partial charge in [-0.1, -0.05) is 48.4 Å². The molecule has 8 nitrogen and oxygen atoms in total. The quantitative estimate of drug-likeness (QED) is 0.551. The number of aliphatic carboxylic acids is 1. The first kappa shape index (κ1) is 22.5. The van der Waals surface area contributed by atoms with Gasteiger partial charge in [0.1, 0.15) is 0 Å². The van der Waals surface area contributed by atoms with Gasteiger partial charge in [-0.25, -0.2) is 14.2 Å². The van der Waals surface area contributed by atoms with Gasteiger partial charge in [0.05, 0.1) is 12.5 Å². The number of carbonyl (C=O) groups is 1.